The predicted octanol–water partition coefficient (Wildman–Crippen LogP) is 1.57. The number of hydrogen-bond donors (Lipinski definition) is 2. The number of aromatic hydroxyl groups is 1. The molecule has 1 aromatic carbocycles. The molecule has 0 saturated heterocycles. The van der Waals surface area contributed by atoms with E-state index in [0.717, 1.165) is 11.3 Å². The molecule has 15 heavy (non-hydrogen) atoms. The summed E-state index contributed by atoms with van der Waals surface area (Å²) in [5.74, 6) is 0.222. The number of nitrogens with one attached hydrogen (secondary N) is 1. The van der Waals surface area contributed by atoms with Gasteiger partial charge in [0.1, 0.15) is 5.75 Å². The van der Waals surface area contributed by atoms with Crippen LogP contribution in [0.4, 0.5) is 0 Å². The van der Waals surface area contributed by atoms with E-state index in [4.69, 9.17) is 5.11 Å². The van der Waals surface area contributed by atoms with Crippen LogP contribution in [0.2, 0.25) is 0 Å². The Balaban J connectivity index is 2.53. The summed E-state index contributed by atoms with van der Waals surface area (Å²) in [6.07, 6.45) is 0. The zero-order valence-electron chi connectivity index (χ0n) is 8.40. The lowest BCUT2D eigenvalue weighted by Crippen LogP contribution is -2.04. The number of nitrogens with zero attached hydrogens (tertiary/aromatic N) is 1. The molecule has 0 saturated carbocycles. The fourth-order valence-corrected chi connectivity index (χ4v) is 1.55. The second kappa shape index (κ2) is 3.65. The number of H-pyrrole nitrogens is 1. The van der Waals surface area contributed by atoms with Gasteiger partial charge in [0.2, 0.25) is 0 Å². The summed E-state index contributed by atoms with van der Waals surface area (Å²) in [5, 5.41) is 11.9. The average Bonchev–Trinajstić information content (AvgIpc) is 2.61. The quantitative estimate of drug-likeness (QED) is 0.780. The van der Waals surface area contributed by atoms with E-state index in [1.807, 2.05) is 6.92 Å². The molecule has 0 spiro atoms. The van der Waals surface area contributed by atoms with Gasteiger partial charge >= 0.3 is 0 Å². The lowest BCUT2D eigenvalue weighted by Gasteiger charge is -2.04. The van der Waals surface area contributed by atoms with Gasteiger partial charge in [-0.3, -0.25) is 14.6 Å². The Labute approximate surface area is 86.8 Å². The predicted molar refractivity (Wildman–Crippen MR) is 57.8 cm³/mol. The van der Waals surface area contributed by atoms with Gasteiger partial charge < -0.3 is 5.11 Å². The molecule has 78 valence electrons. The standard InChI is InChI=1S/C11H12N2O2/c1-2-13-10(7-11(15)12-13)8-3-5-9(14)6-4-8/h3-7,14H,2H2,1H3,(H,12,15). The normalized spacial score (nSPS) is 10.5. The first-order chi connectivity index (χ1) is 7.20. The highest BCUT2D eigenvalue weighted by Crippen LogP contribution is 2.20. The number of benzene rings is 1. The van der Waals surface area contributed by atoms with Crippen LogP contribution < -0.4 is 5.56 Å². The van der Waals surface area contributed by atoms with Crippen LogP contribution in [0.5, 0.6) is 5.75 Å². The smallest absolute Gasteiger partial charge is 0.264 e. The van der Waals surface area contributed by atoms with E-state index >= 15 is 0 Å². The molecule has 1 aromatic heterocycles. The van der Waals surface area contributed by atoms with E-state index in [1.54, 1.807) is 35.0 Å². The Kier molecular flexibility index (Phi) is 2.33. The van der Waals surface area contributed by atoms with E-state index in [0.29, 0.717) is 6.54 Å². The average molecular weight is 204 g/mol. The minimum atomic E-state index is -0.111. The van der Waals surface area contributed by atoms with E-state index in [9.17, 15) is 4.79 Å². The van der Waals surface area contributed by atoms with Crippen molar-refractivity contribution in [3.05, 3.63) is 40.7 Å². The highest BCUT2D eigenvalue weighted by Gasteiger charge is 2.05. The number of rotatable bonds is 2. The van der Waals surface area contributed by atoms with Gasteiger partial charge in [0.15, 0.2) is 0 Å². The minimum absolute atomic E-state index is 0.111. The molecule has 4 nitrogen and oxygen atoms in total. The molecule has 2 rings (SSSR count). The molecule has 2 aromatic rings. The van der Waals surface area contributed by atoms with Crippen LogP contribution in [0, 0.1) is 0 Å². The maximum absolute atomic E-state index is 11.2. The van der Waals surface area contributed by atoms with Gasteiger partial charge in [-0.15, -0.1) is 0 Å². The number of aromatic nitrogens is 2. The summed E-state index contributed by atoms with van der Waals surface area (Å²) in [6.45, 7) is 2.66. The van der Waals surface area contributed by atoms with Crippen LogP contribution in [-0.4, -0.2) is 14.9 Å². The number of aryl methyl sites for hydroxylation is 1. The molecule has 0 unspecified atom stereocenters. The van der Waals surface area contributed by atoms with Crippen LogP contribution in [-0.2, 0) is 6.54 Å². The van der Waals surface area contributed by atoms with Crippen molar-refractivity contribution >= 4 is 0 Å². The number of phenolic OH excluding ortho intramolecular Hbond substituents is 1. The highest BCUT2D eigenvalue weighted by atomic mass is 16.3. The maximum Gasteiger partial charge on any atom is 0.264 e. The molecule has 0 amide bonds. The molecule has 0 atom stereocenters. The number of hydrogen-bond acceptors (Lipinski definition) is 2. The second-order valence-corrected chi connectivity index (χ2v) is 3.30. The summed E-state index contributed by atoms with van der Waals surface area (Å²) in [4.78, 5) is 11.2. The monoisotopic (exact) mass is 204 g/mol. The molecule has 4 heteroatoms. The van der Waals surface area contributed by atoms with Gasteiger partial charge in [0.25, 0.3) is 5.56 Å². The van der Waals surface area contributed by atoms with Crippen LogP contribution in [0.25, 0.3) is 11.3 Å². The van der Waals surface area contributed by atoms with Crippen molar-refractivity contribution in [3.63, 3.8) is 0 Å². The molecular weight excluding hydrogens is 192 g/mol. The molecule has 0 radical (unpaired) electrons. The number of aromatic amines is 1. The van der Waals surface area contributed by atoms with Gasteiger partial charge in [-0.1, -0.05) is 0 Å². The molecule has 0 aliphatic rings. The Hall–Kier alpha value is -1.97. The van der Waals surface area contributed by atoms with Gasteiger partial charge in [-0.2, -0.15) is 0 Å². The fourth-order valence-electron chi connectivity index (χ4n) is 1.55. The molecule has 1 heterocycles. The lowest BCUT2D eigenvalue weighted by molar-refractivity contribution is 0.475. The summed E-state index contributed by atoms with van der Waals surface area (Å²) in [6, 6.07) is 8.32. The van der Waals surface area contributed by atoms with Crippen LogP contribution in [0.15, 0.2) is 35.1 Å². The first-order valence-corrected chi connectivity index (χ1v) is 4.80. The van der Waals surface area contributed by atoms with E-state index < -0.39 is 0 Å². The zero-order valence-corrected chi connectivity index (χ0v) is 8.40. The molecule has 0 aliphatic carbocycles. The van der Waals surface area contributed by atoms with Gasteiger partial charge in [-0.25, -0.2) is 0 Å². The maximum atomic E-state index is 11.2. The first kappa shape index (κ1) is 9.58. The van der Waals surface area contributed by atoms with Crippen molar-refractivity contribution in [2.75, 3.05) is 0 Å². The molecule has 0 aliphatic heterocycles. The molecule has 0 fully saturated rings. The second-order valence-electron chi connectivity index (χ2n) is 3.30. The zero-order chi connectivity index (χ0) is 10.8. The SMILES string of the molecule is CCn1[nH]c(=O)cc1-c1ccc(O)cc1. The third-order valence-corrected chi connectivity index (χ3v) is 2.28. The summed E-state index contributed by atoms with van der Waals surface area (Å²) in [5.41, 5.74) is 1.63. The Morgan fingerprint density at radius 1 is 1.33 bits per heavy atom. The van der Waals surface area contributed by atoms with Gasteiger partial charge in [0, 0.05) is 18.2 Å². The van der Waals surface area contributed by atoms with Crippen molar-refractivity contribution in [2.24, 2.45) is 0 Å². The highest BCUT2D eigenvalue weighted by molar-refractivity contribution is 5.60. The molecular formula is C11H12N2O2. The van der Waals surface area contributed by atoms with E-state index in [-0.39, 0.29) is 11.3 Å². The van der Waals surface area contributed by atoms with Gasteiger partial charge in [-0.05, 0) is 31.2 Å². The third kappa shape index (κ3) is 1.79. The van der Waals surface area contributed by atoms with Crippen LogP contribution >= 0.6 is 0 Å². The van der Waals surface area contributed by atoms with Crippen molar-refractivity contribution in [3.8, 4) is 17.0 Å². The van der Waals surface area contributed by atoms with E-state index in [2.05, 4.69) is 5.10 Å². The van der Waals surface area contributed by atoms with Crippen LogP contribution in [0.3, 0.4) is 0 Å². The van der Waals surface area contributed by atoms with Crippen molar-refractivity contribution in [1.29, 1.82) is 0 Å². The topological polar surface area (TPSA) is 58.0 Å². The first-order valence-electron chi connectivity index (χ1n) is 4.80. The Morgan fingerprint density at radius 2 is 2.00 bits per heavy atom. The Bertz CT molecular complexity index is 508. The fraction of sp³-hybridized carbons (Fsp3) is 0.182. The summed E-state index contributed by atoms with van der Waals surface area (Å²) in [7, 11) is 0. The molecule has 2 N–H and O–H groups in total. The van der Waals surface area contributed by atoms with Gasteiger partial charge in [0.05, 0.1) is 5.69 Å². The minimum Gasteiger partial charge on any atom is -0.508 e. The van der Waals surface area contributed by atoms with Crippen molar-refractivity contribution in [2.45, 2.75) is 13.5 Å². The third-order valence-electron chi connectivity index (χ3n) is 2.28. The number of phenols is 1. The largest absolute Gasteiger partial charge is 0.508 e. The summed E-state index contributed by atoms with van der Waals surface area (Å²) < 4.78 is 1.77. The van der Waals surface area contributed by atoms with Crippen molar-refractivity contribution in [1.82, 2.24) is 9.78 Å². The van der Waals surface area contributed by atoms with Crippen molar-refractivity contribution < 1.29 is 5.11 Å². The Morgan fingerprint density at radius 3 is 2.60 bits per heavy atom. The summed E-state index contributed by atoms with van der Waals surface area (Å²) >= 11 is 0. The molecule has 0 bridgehead atoms. The van der Waals surface area contributed by atoms with E-state index in [1.165, 1.54) is 0 Å². The lowest BCUT2D eigenvalue weighted by atomic mass is 10.1. The van der Waals surface area contributed by atoms with Crippen LogP contribution in [0.1, 0.15) is 6.92 Å².